The zero-order valence-corrected chi connectivity index (χ0v) is 17.3. The molecule has 0 aliphatic heterocycles. The average Bonchev–Trinajstić information content (AvgIpc) is 3.38. The first-order chi connectivity index (χ1) is 14.7. The topological polar surface area (TPSA) is 71.9 Å². The van der Waals surface area contributed by atoms with Crippen LogP contribution in [-0.4, -0.2) is 27.6 Å². The van der Waals surface area contributed by atoms with Crippen molar-refractivity contribution in [2.24, 2.45) is 7.05 Å². The number of para-hydroxylation sites is 1. The number of hydrogen-bond acceptors (Lipinski definition) is 3. The van der Waals surface area contributed by atoms with Crippen molar-refractivity contribution in [2.75, 3.05) is 7.11 Å². The van der Waals surface area contributed by atoms with E-state index >= 15 is 0 Å². The van der Waals surface area contributed by atoms with E-state index in [4.69, 9.17) is 4.74 Å². The van der Waals surface area contributed by atoms with Crippen LogP contribution >= 0.6 is 0 Å². The molecule has 154 valence electrons. The summed E-state index contributed by atoms with van der Waals surface area (Å²) >= 11 is 0. The number of nitrogens with zero attached hydrogens (tertiary/aromatic N) is 2. The molecule has 2 N–H and O–H groups in total. The summed E-state index contributed by atoms with van der Waals surface area (Å²) in [5, 5.41) is 4.38. The van der Waals surface area contributed by atoms with Crippen molar-refractivity contribution >= 4 is 16.8 Å². The fraction of sp³-hybridized carbons (Fsp3) is 0.250. The van der Waals surface area contributed by atoms with Gasteiger partial charge in [-0.3, -0.25) is 4.79 Å². The van der Waals surface area contributed by atoms with E-state index < -0.39 is 0 Å². The summed E-state index contributed by atoms with van der Waals surface area (Å²) in [4.78, 5) is 20.5. The molecule has 1 unspecified atom stereocenters. The second-order valence-corrected chi connectivity index (χ2v) is 7.38. The lowest BCUT2D eigenvalue weighted by Crippen LogP contribution is -2.31. The van der Waals surface area contributed by atoms with Gasteiger partial charge in [0.1, 0.15) is 17.6 Å². The number of fused-ring (bicyclic) bond motifs is 1. The number of aryl methyl sites for hydroxylation is 2. The Labute approximate surface area is 175 Å². The van der Waals surface area contributed by atoms with Crippen LogP contribution in [0.5, 0.6) is 5.75 Å². The number of ether oxygens (including phenoxy) is 1. The van der Waals surface area contributed by atoms with Gasteiger partial charge >= 0.3 is 0 Å². The summed E-state index contributed by atoms with van der Waals surface area (Å²) < 4.78 is 7.18. The van der Waals surface area contributed by atoms with Crippen LogP contribution < -0.4 is 10.1 Å². The number of hydrogen-bond donors (Lipinski definition) is 2. The van der Waals surface area contributed by atoms with Crippen LogP contribution in [-0.2, 0) is 18.3 Å². The minimum atomic E-state index is -0.309. The van der Waals surface area contributed by atoms with Crippen LogP contribution in [0, 0.1) is 0 Å². The summed E-state index contributed by atoms with van der Waals surface area (Å²) in [5.74, 6) is 1.59. The highest BCUT2D eigenvalue weighted by Crippen LogP contribution is 2.24. The van der Waals surface area contributed by atoms with E-state index in [1.54, 1.807) is 13.3 Å². The van der Waals surface area contributed by atoms with Gasteiger partial charge in [-0.2, -0.15) is 0 Å². The maximum absolute atomic E-state index is 12.8. The van der Waals surface area contributed by atoms with E-state index in [9.17, 15) is 4.79 Å². The van der Waals surface area contributed by atoms with Gasteiger partial charge in [-0.05, 0) is 42.2 Å². The first-order valence-electron chi connectivity index (χ1n) is 10.1. The Morgan fingerprint density at radius 2 is 2.00 bits per heavy atom. The number of aromatic amines is 1. The number of carbonyl (C=O) groups excluding carboxylic acids is 1. The van der Waals surface area contributed by atoms with Crippen molar-refractivity contribution in [1.82, 2.24) is 19.9 Å². The Morgan fingerprint density at radius 1 is 1.20 bits per heavy atom. The molecule has 4 aromatic rings. The van der Waals surface area contributed by atoms with E-state index in [2.05, 4.69) is 27.4 Å². The van der Waals surface area contributed by atoms with Gasteiger partial charge in [0.2, 0.25) is 5.91 Å². The molecule has 0 saturated carbocycles. The molecule has 0 aliphatic carbocycles. The molecule has 4 rings (SSSR count). The van der Waals surface area contributed by atoms with Crippen LogP contribution in [0.25, 0.3) is 10.9 Å². The Morgan fingerprint density at radius 3 is 2.73 bits per heavy atom. The summed E-state index contributed by atoms with van der Waals surface area (Å²) in [5.41, 5.74) is 3.34. The van der Waals surface area contributed by atoms with E-state index in [-0.39, 0.29) is 11.9 Å². The van der Waals surface area contributed by atoms with Gasteiger partial charge in [-0.25, -0.2) is 4.98 Å². The third-order valence-electron chi connectivity index (χ3n) is 5.40. The molecule has 6 nitrogen and oxygen atoms in total. The molecular weight excluding hydrogens is 376 g/mol. The number of H-pyrrole nitrogens is 1. The number of aromatic nitrogens is 3. The predicted molar refractivity (Wildman–Crippen MR) is 117 cm³/mol. The second kappa shape index (κ2) is 8.86. The van der Waals surface area contributed by atoms with Gasteiger partial charge in [0.05, 0.1) is 7.11 Å². The van der Waals surface area contributed by atoms with E-state index in [0.717, 1.165) is 35.5 Å². The Bertz CT molecular complexity index is 1130. The molecule has 0 spiro atoms. The molecule has 2 heterocycles. The third-order valence-corrected chi connectivity index (χ3v) is 5.40. The number of carbonyl (C=O) groups is 1. The second-order valence-electron chi connectivity index (χ2n) is 7.38. The molecular formula is C24H26N4O2. The fourth-order valence-electron chi connectivity index (χ4n) is 3.76. The van der Waals surface area contributed by atoms with Crippen LogP contribution in [0.2, 0.25) is 0 Å². The number of nitrogens with one attached hydrogen (secondary N) is 2. The molecule has 30 heavy (non-hydrogen) atoms. The molecule has 0 bridgehead atoms. The van der Waals surface area contributed by atoms with Crippen molar-refractivity contribution in [1.29, 1.82) is 0 Å². The van der Waals surface area contributed by atoms with Gasteiger partial charge in [-0.1, -0.05) is 30.3 Å². The number of imidazole rings is 1. The lowest BCUT2D eigenvalue weighted by atomic mass is 10.0. The molecule has 6 heteroatoms. The number of benzene rings is 2. The molecule has 0 aliphatic rings. The Balaban J connectivity index is 1.43. The SMILES string of the molecule is COc1ccc(C(NC(=O)CCCc2c[nH]c3ccccc23)c2nccn2C)cc1. The largest absolute Gasteiger partial charge is 0.497 e. The monoisotopic (exact) mass is 402 g/mol. The normalized spacial score (nSPS) is 12.1. The molecule has 0 radical (unpaired) electrons. The van der Waals surface area contributed by atoms with Gasteiger partial charge < -0.3 is 19.6 Å². The minimum Gasteiger partial charge on any atom is -0.497 e. The van der Waals surface area contributed by atoms with Crippen molar-refractivity contribution in [2.45, 2.75) is 25.3 Å². The lowest BCUT2D eigenvalue weighted by Gasteiger charge is -2.19. The Kier molecular flexibility index (Phi) is 5.84. The third kappa shape index (κ3) is 4.22. The maximum atomic E-state index is 12.8. The highest BCUT2D eigenvalue weighted by Gasteiger charge is 2.20. The summed E-state index contributed by atoms with van der Waals surface area (Å²) in [7, 11) is 3.57. The maximum Gasteiger partial charge on any atom is 0.220 e. The Hall–Kier alpha value is -3.54. The lowest BCUT2D eigenvalue weighted by molar-refractivity contribution is -0.121. The molecule has 2 aromatic heterocycles. The van der Waals surface area contributed by atoms with E-state index in [0.29, 0.717) is 6.42 Å². The highest BCUT2D eigenvalue weighted by atomic mass is 16.5. The van der Waals surface area contributed by atoms with Crippen molar-refractivity contribution in [3.05, 3.63) is 84.1 Å². The fourth-order valence-corrected chi connectivity index (χ4v) is 3.76. The smallest absolute Gasteiger partial charge is 0.220 e. The van der Waals surface area contributed by atoms with Crippen LogP contribution in [0.4, 0.5) is 0 Å². The van der Waals surface area contributed by atoms with Crippen molar-refractivity contribution in [3.63, 3.8) is 0 Å². The standard InChI is InChI=1S/C24H26N4O2/c1-28-15-14-25-24(28)23(17-10-12-19(30-2)13-11-17)27-22(29)9-5-6-18-16-26-21-8-4-3-7-20(18)21/h3-4,7-8,10-16,23,26H,5-6,9H2,1-2H3,(H,27,29). The van der Waals surface area contributed by atoms with Crippen LogP contribution in [0.3, 0.4) is 0 Å². The van der Waals surface area contributed by atoms with Crippen molar-refractivity contribution in [3.8, 4) is 5.75 Å². The molecule has 0 saturated heterocycles. The van der Waals surface area contributed by atoms with E-state index in [1.807, 2.05) is 60.4 Å². The number of rotatable bonds is 8. The highest BCUT2D eigenvalue weighted by molar-refractivity contribution is 5.83. The molecule has 1 amide bonds. The summed E-state index contributed by atoms with van der Waals surface area (Å²) in [6.07, 6.45) is 7.76. The number of methoxy groups -OCH3 is 1. The van der Waals surface area contributed by atoms with Gasteiger partial charge in [0, 0.05) is 43.0 Å². The summed E-state index contributed by atoms with van der Waals surface area (Å²) in [6.45, 7) is 0. The molecule has 1 atom stereocenters. The van der Waals surface area contributed by atoms with E-state index in [1.165, 1.54) is 10.9 Å². The van der Waals surface area contributed by atoms with Gasteiger partial charge in [0.25, 0.3) is 0 Å². The van der Waals surface area contributed by atoms with Gasteiger partial charge in [-0.15, -0.1) is 0 Å². The van der Waals surface area contributed by atoms with Crippen LogP contribution in [0.1, 0.15) is 35.8 Å². The first kappa shape index (κ1) is 19.8. The van der Waals surface area contributed by atoms with Gasteiger partial charge in [0.15, 0.2) is 0 Å². The predicted octanol–water partition coefficient (Wildman–Crippen LogP) is 4.14. The minimum absolute atomic E-state index is 0.0126. The zero-order chi connectivity index (χ0) is 20.9. The quantitative estimate of drug-likeness (QED) is 0.465. The number of amides is 1. The first-order valence-corrected chi connectivity index (χ1v) is 10.1. The summed E-state index contributed by atoms with van der Waals surface area (Å²) in [6, 6.07) is 15.7. The molecule has 2 aromatic carbocycles. The van der Waals surface area contributed by atoms with Crippen LogP contribution in [0.15, 0.2) is 67.1 Å². The molecule has 0 fully saturated rings. The average molecular weight is 402 g/mol. The van der Waals surface area contributed by atoms with Crippen molar-refractivity contribution < 1.29 is 9.53 Å². The zero-order valence-electron chi connectivity index (χ0n) is 17.3.